The molecule has 124 valence electrons. The molecule has 0 heterocycles. The minimum atomic E-state index is 0. The van der Waals surface area contributed by atoms with Crippen LogP contribution < -0.4 is 0 Å². The van der Waals surface area contributed by atoms with Crippen molar-refractivity contribution in [2.75, 3.05) is 0 Å². The molecule has 0 saturated heterocycles. The third-order valence-corrected chi connectivity index (χ3v) is 0. The van der Waals surface area contributed by atoms with Gasteiger partial charge in [0, 0.05) is 50.6 Å². The zero-order valence-corrected chi connectivity index (χ0v) is 13.7. The molecular weight excluding hydrogens is 458 g/mol. The first kappa shape index (κ1) is 125. The van der Waals surface area contributed by atoms with E-state index in [-0.39, 0.29) is 64.1 Å². The average molecular weight is 459 g/mol. The molecule has 0 aromatic carbocycles. The summed E-state index contributed by atoms with van der Waals surface area (Å²) in [7, 11) is 0. The largest absolute Gasteiger partial charge is 0.813 e. The molecule has 22 heavy (non-hydrogen) atoms. The van der Waals surface area contributed by atoms with Crippen LogP contribution in [0.4, 0.5) is 0 Å². The van der Waals surface area contributed by atoms with Crippen molar-refractivity contribution >= 4 is 13.5 Å². The van der Waals surface area contributed by atoms with Crippen LogP contribution in [0.5, 0.6) is 0 Å². The average Bonchev–Trinajstić information content (AvgIpc) is 2.63. The Labute approximate surface area is 165 Å². The van der Waals surface area contributed by atoms with E-state index in [0.717, 1.165) is 0 Å². The van der Waals surface area contributed by atoms with Gasteiger partial charge < -0.3 is 13.5 Å². The monoisotopic (exact) mass is 459 g/mol. The van der Waals surface area contributed by atoms with Gasteiger partial charge >= 0.3 is 102 Å². The number of hydrogen-bond acceptors (Lipinski definition) is 1. The van der Waals surface area contributed by atoms with Crippen molar-refractivity contribution in [1.29, 1.82) is 0 Å². The molecule has 0 aliphatic carbocycles. The molecule has 0 aliphatic heterocycles. The second kappa shape index (κ2) is 37500. The van der Waals surface area contributed by atoms with Crippen molar-refractivity contribution in [2.24, 2.45) is 0 Å². The number of rotatable bonds is 0. The summed E-state index contributed by atoms with van der Waals surface area (Å²) in [5.74, 6) is 0. The molecule has 13 heteroatoms. The summed E-state index contributed by atoms with van der Waals surface area (Å²) in [6.07, 6.45) is 0. The van der Waals surface area contributed by atoms with Crippen LogP contribution >= 0.6 is 0 Å². The smallest absolute Gasteiger partial charge is 0 e. The Kier molecular flexibility index (Phi) is 212000. The van der Waals surface area contributed by atoms with Crippen LogP contribution in [0.3, 0.4) is 0 Å². The summed E-state index contributed by atoms with van der Waals surface area (Å²) in [5, 5.41) is 0. The maximum Gasteiger partial charge on any atom is 0 e. The second-order valence-electron chi connectivity index (χ2n) is 0. The molecule has 0 bridgehead atoms. The van der Waals surface area contributed by atoms with Gasteiger partial charge in [-0.05, 0) is 0 Å². The summed E-state index contributed by atoms with van der Waals surface area (Å²) < 4.78 is 67.5. The van der Waals surface area contributed by atoms with Gasteiger partial charge in [0.2, 0.25) is 0 Å². The maximum absolute atomic E-state index is 7.50. The van der Waals surface area contributed by atoms with Gasteiger partial charge in [-0.1, -0.05) is 0 Å². The van der Waals surface area contributed by atoms with Crippen molar-refractivity contribution in [3.63, 3.8) is 0 Å². The fourth-order valence-electron chi connectivity index (χ4n) is 0. The third-order valence-electron chi connectivity index (χ3n) is 0. The van der Waals surface area contributed by atoms with Crippen LogP contribution in [0.1, 0.15) is 0 Å². The Morgan fingerprint density at radius 2 is 0.273 bits per heavy atom. The summed E-state index contributed by atoms with van der Waals surface area (Å²) in [6.45, 7) is 40.5. The second-order valence-corrected chi connectivity index (χ2v) is 0. The van der Waals surface area contributed by atoms with Gasteiger partial charge in [-0.25, -0.2) is 0 Å². The SMILES string of the molecule is [C-]#[O+].[C-]#[O+].[C-]#[O+].[C-]#[O+].[C-]#[O+].[C-]#[O+].[C-]#[O+].[C-]#[O+].[C-]#[O+].[Co].[Co].[Fe].[SH-]. The molecule has 0 unspecified atom stereocenters. The fourth-order valence-corrected chi connectivity index (χ4v) is 0. The van der Waals surface area contributed by atoms with Crippen molar-refractivity contribution in [2.45, 2.75) is 0 Å². The topological polar surface area (TPSA) is 179 Å². The molecule has 0 amide bonds. The van der Waals surface area contributed by atoms with Gasteiger partial charge in [0.25, 0.3) is 0 Å². The van der Waals surface area contributed by atoms with Gasteiger partial charge in [0.05, 0.1) is 0 Å². The van der Waals surface area contributed by atoms with Gasteiger partial charge in [-0.2, -0.15) is 0 Å². The molecule has 0 atom stereocenters. The molecule has 0 fully saturated rings. The fraction of sp³-hybridized carbons (Fsp3) is 0. The first-order chi connectivity index (χ1) is 9.00. The molecule has 2 radical (unpaired) electrons. The normalized spacial score (nSPS) is 0.818. The van der Waals surface area contributed by atoms with Crippen LogP contribution in [0.25, 0.3) is 0 Å². The number of thiol groups is 1. The van der Waals surface area contributed by atoms with E-state index in [0.29, 0.717) is 0 Å². The first-order valence-corrected chi connectivity index (χ1v) is 1.84. The van der Waals surface area contributed by atoms with Crippen LogP contribution in [0.15, 0.2) is 0 Å². The number of hydrogen-bond donors (Lipinski definition) is 0. The van der Waals surface area contributed by atoms with Crippen LogP contribution in [0, 0.1) is 59.9 Å². The van der Waals surface area contributed by atoms with Crippen LogP contribution in [0.2, 0.25) is 0 Å². The minimum absolute atomic E-state index is 0. The van der Waals surface area contributed by atoms with Crippen LogP contribution in [-0.2, 0) is 106 Å². The molecule has 0 spiro atoms. The molecule has 0 aromatic rings. The Morgan fingerprint density at radius 3 is 0.273 bits per heavy atom. The minimum Gasteiger partial charge on any atom is -0.813 e. The van der Waals surface area contributed by atoms with Crippen molar-refractivity contribution in [3.8, 4) is 0 Å². The molecule has 0 aliphatic rings. The predicted octanol–water partition coefficient (Wildman–Crippen LogP) is -0.615. The predicted molar refractivity (Wildman–Crippen MR) is 44.1 cm³/mol. The van der Waals surface area contributed by atoms with E-state index in [1.165, 1.54) is 0 Å². The summed E-state index contributed by atoms with van der Waals surface area (Å²) in [4.78, 5) is 0. The Bertz CT molecular complexity index is 167. The van der Waals surface area contributed by atoms with Gasteiger partial charge in [0.15, 0.2) is 0 Å². The van der Waals surface area contributed by atoms with Gasteiger partial charge in [-0.15, -0.1) is 0 Å². The van der Waals surface area contributed by atoms with Gasteiger partial charge in [-0.3, -0.25) is 0 Å². The van der Waals surface area contributed by atoms with E-state index in [4.69, 9.17) is 41.9 Å². The van der Waals surface area contributed by atoms with Crippen molar-refractivity contribution < 1.29 is 92.5 Å². The van der Waals surface area contributed by atoms with Crippen LogP contribution in [-0.4, -0.2) is 0 Å². The van der Waals surface area contributed by atoms with E-state index in [9.17, 15) is 0 Å². The molecule has 9 nitrogen and oxygen atoms in total. The standard InChI is InChI=1S/9CO.2Co.Fe.H2S/c9*1-2;;;;/h;;;;;;;;;;;;1H2/p-1. The van der Waals surface area contributed by atoms with Crippen molar-refractivity contribution in [3.05, 3.63) is 59.9 Å². The quantitative estimate of drug-likeness (QED) is 0.152. The third kappa shape index (κ3) is 32100. The Hall–Kier alpha value is -0.458. The summed E-state index contributed by atoms with van der Waals surface area (Å²) in [5.41, 5.74) is 0. The van der Waals surface area contributed by atoms with E-state index in [1.807, 2.05) is 0 Å². The van der Waals surface area contributed by atoms with Crippen molar-refractivity contribution in [1.82, 2.24) is 0 Å². The zero-order valence-electron chi connectivity index (χ0n) is 9.64. The van der Waals surface area contributed by atoms with E-state index >= 15 is 0 Å². The van der Waals surface area contributed by atoms with E-state index in [1.54, 1.807) is 0 Å². The molecule has 0 rings (SSSR count). The first-order valence-electron chi connectivity index (χ1n) is 1.84. The molecule has 0 aromatic heterocycles. The van der Waals surface area contributed by atoms with E-state index in [2.05, 4.69) is 59.9 Å². The van der Waals surface area contributed by atoms with E-state index < -0.39 is 0 Å². The summed E-state index contributed by atoms with van der Waals surface area (Å²) in [6, 6.07) is 0. The molecular formula is C9HCo2FeO9S-. The van der Waals surface area contributed by atoms with Gasteiger partial charge in [0.1, 0.15) is 0 Å². The maximum atomic E-state index is 7.50. The zero-order chi connectivity index (χ0) is 18.0. The molecule has 0 saturated carbocycles. The molecule has 0 N–H and O–H groups in total. The Morgan fingerprint density at radius 1 is 0.273 bits per heavy atom. The Balaban J connectivity index is -0.00000000368. The summed E-state index contributed by atoms with van der Waals surface area (Å²) >= 11 is 0.